The number of hydrogen-bond acceptors (Lipinski definition) is 1. The normalized spacial score (nSPS) is 40.5. The van der Waals surface area contributed by atoms with Crippen molar-refractivity contribution in [1.82, 2.24) is 0 Å². The molecule has 0 aromatic heterocycles. The topological polar surface area (TPSA) is 12.5 Å². The van der Waals surface area contributed by atoms with Gasteiger partial charge in [0, 0.05) is 0 Å². The van der Waals surface area contributed by atoms with Crippen LogP contribution < -0.4 is 0 Å². The van der Waals surface area contributed by atoms with Gasteiger partial charge in [0.2, 0.25) is 0 Å². The van der Waals surface area contributed by atoms with Crippen LogP contribution in [0.4, 0.5) is 0 Å². The van der Waals surface area contributed by atoms with E-state index in [1.54, 1.807) is 0 Å². The summed E-state index contributed by atoms with van der Waals surface area (Å²) in [6.07, 6.45) is 5.91. The van der Waals surface area contributed by atoms with Crippen LogP contribution >= 0.6 is 0 Å². The van der Waals surface area contributed by atoms with Gasteiger partial charge >= 0.3 is 0 Å². The van der Waals surface area contributed by atoms with E-state index in [2.05, 4.69) is 26.8 Å². The molecule has 2 rings (SSSR count). The first kappa shape index (κ1) is 7.35. The highest BCUT2D eigenvalue weighted by atomic mass is 16.6. The van der Waals surface area contributed by atoms with Crippen molar-refractivity contribution < 1.29 is 4.74 Å². The Morgan fingerprint density at radius 3 is 2.45 bits per heavy atom. The zero-order valence-electron chi connectivity index (χ0n) is 7.61. The van der Waals surface area contributed by atoms with E-state index in [0.29, 0.717) is 0 Å². The van der Waals surface area contributed by atoms with Gasteiger partial charge in [0.1, 0.15) is 5.60 Å². The molecule has 1 fully saturated rings. The summed E-state index contributed by atoms with van der Waals surface area (Å²) in [5, 5.41) is 0. The second kappa shape index (κ2) is 1.89. The van der Waals surface area contributed by atoms with Crippen LogP contribution in [0.15, 0.2) is 11.6 Å². The van der Waals surface area contributed by atoms with Gasteiger partial charge < -0.3 is 4.74 Å². The zero-order valence-corrected chi connectivity index (χ0v) is 7.61. The van der Waals surface area contributed by atoms with Gasteiger partial charge in [-0.2, -0.15) is 0 Å². The largest absolute Gasteiger partial charge is 0.363 e. The quantitative estimate of drug-likeness (QED) is 0.384. The Balaban J connectivity index is 2.12. The molecule has 1 heterocycles. The summed E-state index contributed by atoms with van der Waals surface area (Å²) in [6.45, 7) is 6.60. The van der Waals surface area contributed by atoms with Crippen molar-refractivity contribution >= 4 is 0 Å². The first-order valence-corrected chi connectivity index (χ1v) is 4.42. The maximum Gasteiger partial charge on any atom is 0.101 e. The number of epoxide rings is 1. The molecule has 1 atom stereocenters. The van der Waals surface area contributed by atoms with Gasteiger partial charge in [-0.3, -0.25) is 0 Å². The van der Waals surface area contributed by atoms with E-state index in [1.807, 2.05) is 0 Å². The summed E-state index contributed by atoms with van der Waals surface area (Å²) in [6, 6.07) is 0. The third kappa shape index (κ3) is 0.943. The predicted molar refractivity (Wildman–Crippen MR) is 45.5 cm³/mol. The summed E-state index contributed by atoms with van der Waals surface area (Å²) in [4.78, 5) is 0. The smallest absolute Gasteiger partial charge is 0.101 e. The molecule has 0 amide bonds. The van der Waals surface area contributed by atoms with E-state index in [1.165, 1.54) is 18.4 Å². The molecule has 1 spiro atoms. The lowest BCUT2D eigenvalue weighted by atomic mass is 9.83. The Morgan fingerprint density at radius 2 is 2.09 bits per heavy atom. The average molecular weight is 152 g/mol. The second-order valence-corrected chi connectivity index (χ2v) is 4.36. The molecule has 1 saturated heterocycles. The third-order valence-corrected chi connectivity index (χ3v) is 3.21. The van der Waals surface area contributed by atoms with Crippen LogP contribution in [0.1, 0.15) is 40.0 Å². The maximum atomic E-state index is 5.74. The van der Waals surface area contributed by atoms with Crippen molar-refractivity contribution in [3.63, 3.8) is 0 Å². The van der Waals surface area contributed by atoms with Gasteiger partial charge in [-0.05, 0) is 40.0 Å². The number of rotatable bonds is 0. The van der Waals surface area contributed by atoms with Crippen molar-refractivity contribution in [2.24, 2.45) is 0 Å². The minimum atomic E-state index is 0.157. The highest BCUT2D eigenvalue weighted by molar-refractivity contribution is 5.20. The highest BCUT2D eigenvalue weighted by Crippen LogP contribution is 2.55. The molecule has 1 aliphatic heterocycles. The minimum absolute atomic E-state index is 0.157. The molecule has 1 aliphatic carbocycles. The van der Waals surface area contributed by atoms with Crippen molar-refractivity contribution in [3.8, 4) is 0 Å². The van der Waals surface area contributed by atoms with E-state index in [4.69, 9.17) is 4.74 Å². The van der Waals surface area contributed by atoms with E-state index in [0.717, 1.165) is 6.42 Å². The highest BCUT2D eigenvalue weighted by Gasteiger charge is 2.62. The molecular weight excluding hydrogens is 136 g/mol. The Morgan fingerprint density at radius 1 is 1.45 bits per heavy atom. The summed E-state index contributed by atoms with van der Waals surface area (Å²) in [5.74, 6) is 0. The van der Waals surface area contributed by atoms with Gasteiger partial charge in [0.05, 0.1) is 5.60 Å². The van der Waals surface area contributed by atoms with E-state index < -0.39 is 0 Å². The molecule has 0 N–H and O–H groups in total. The Labute approximate surface area is 68.4 Å². The lowest BCUT2D eigenvalue weighted by Gasteiger charge is -2.18. The lowest BCUT2D eigenvalue weighted by molar-refractivity contribution is 0.261. The van der Waals surface area contributed by atoms with E-state index in [-0.39, 0.29) is 11.2 Å². The van der Waals surface area contributed by atoms with Crippen molar-refractivity contribution in [2.45, 2.75) is 51.2 Å². The molecular formula is C10H16O. The van der Waals surface area contributed by atoms with Crippen LogP contribution in [-0.2, 0) is 4.74 Å². The molecule has 1 heteroatoms. The standard InChI is InChI=1S/C10H16O/c1-8-4-6-10(7-5-8)9(2,3)11-10/h4H,5-7H2,1-3H3/t10-/m1/s1. The molecule has 0 aromatic rings. The van der Waals surface area contributed by atoms with Crippen LogP contribution in [0.3, 0.4) is 0 Å². The molecule has 2 aliphatic rings. The monoisotopic (exact) mass is 152 g/mol. The minimum Gasteiger partial charge on any atom is -0.363 e. The second-order valence-electron chi connectivity index (χ2n) is 4.36. The Hall–Kier alpha value is -0.300. The number of ether oxygens (including phenoxy) is 1. The van der Waals surface area contributed by atoms with E-state index in [9.17, 15) is 0 Å². The Kier molecular flexibility index (Phi) is 1.26. The first-order valence-electron chi connectivity index (χ1n) is 4.42. The average Bonchev–Trinajstić information content (AvgIpc) is 2.44. The summed E-state index contributed by atoms with van der Waals surface area (Å²) >= 11 is 0. The number of hydrogen-bond donors (Lipinski definition) is 0. The predicted octanol–water partition coefficient (Wildman–Crippen LogP) is 2.66. The first-order chi connectivity index (χ1) is 5.06. The fourth-order valence-electron chi connectivity index (χ4n) is 2.04. The van der Waals surface area contributed by atoms with E-state index >= 15 is 0 Å². The Bertz CT molecular complexity index is 215. The van der Waals surface area contributed by atoms with Crippen LogP contribution in [0.25, 0.3) is 0 Å². The van der Waals surface area contributed by atoms with Crippen LogP contribution in [-0.4, -0.2) is 11.2 Å². The SMILES string of the molecule is CC1=CC[C@]2(CC1)OC2(C)C. The van der Waals surface area contributed by atoms with Gasteiger partial charge in [-0.1, -0.05) is 11.6 Å². The summed E-state index contributed by atoms with van der Waals surface area (Å²) in [5.41, 5.74) is 1.92. The van der Waals surface area contributed by atoms with Crippen LogP contribution in [0.2, 0.25) is 0 Å². The fourth-order valence-corrected chi connectivity index (χ4v) is 2.04. The molecule has 0 saturated carbocycles. The number of allylic oxidation sites excluding steroid dienone is 1. The molecule has 1 nitrogen and oxygen atoms in total. The summed E-state index contributed by atoms with van der Waals surface area (Å²) < 4.78 is 5.74. The zero-order chi connectivity index (χ0) is 8.11. The lowest BCUT2D eigenvalue weighted by Crippen LogP contribution is -2.22. The van der Waals surface area contributed by atoms with Crippen LogP contribution in [0, 0.1) is 0 Å². The van der Waals surface area contributed by atoms with Crippen molar-refractivity contribution in [1.29, 1.82) is 0 Å². The van der Waals surface area contributed by atoms with Crippen molar-refractivity contribution in [2.75, 3.05) is 0 Å². The molecule has 0 bridgehead atoms. The molecule has 62 valence electrons. The van der Waals surface area contributed by atoms with Gasteiger partial charge in [0.25, 0.3) is 0 Å². The van der Waals surface area contributed by atoms with Gasteiger partial charge in [0.15, 0.2) is 0 Å². The fraction of sp³-hybridized carbons (Fsp3) is 0.800. The molecule has 0 aromatic carbocycles. The summed E-state index contributed by atoms with van der Waals surface area (Å²) in [7, 11) is 0. The van der Waals surface area contributed by atoms with Crippen molar-refractivity contribution in [3.05, 3.63) is 11.6 Å². The molecule has 0 radical (unpaired) electrons. The maximum absolute atomic E-state index is 5.74. The van der Waals surface area contributed by atoms with Crippen LogP contribution in [0.5, 0.6) is 0 Å². The molecule has 11 heavy (non-hydrogen) atoms. The molecule has 0 unspecified atom stereocenters. The van der Waals surface area contributed by atoms with Gasteiger partial charge in [-0.15, -0.1) is 0 Å². The van der Waals surface area contributed by atoms with Gasteiger partial charge in [-0.25, -0.2) is 0 Å². The third-order valence-electron chi connectivity index (χ3n) is 3.21.